The van der Waals surface area contributed by atoms with E-state index in [-0.39, 0.29) is 16.6 Å². The van der Waals surface area contributed by atoms with Crippen LogP contribution in [0.2, 0.25) is 5.02 Å². The van der Waals surface area contributed by atoms with Crippen LogP contribution in [0.1, 0.15) is 18.7 Å². The number of carbonyl (C=O) groups is 1. The quantitative estimate of drug-likeness (QED) is 0.557. The molecule has 1 N–H and O–H groups in total. The van der Waals surface area contributed by atoms with Gasteiger partial charge in [-0.05, 0) is 43.3 Å². The van der Waals surface area contributed by atoms with E-state index in [2.05, 4.69) is 25.3 Å². The number of aromatic nitrogens is 3. The summed E-state index contributed by atoms with van der Waals surface area (Å²) in [7, 11) is 0. The Morgan fingerprint density at radius 3 is 2.74 bits per heavy atom. The van der Waals surface area contributed by atoms with Crippen LogP contribution in [0, 0.1) is 0 Å². The molecular formula is C22H17Cl2N5O2. The van der Waals surface area contributed by atoms with Crippen LogP contribution < -0.4 is 5.32 Å². The summed E-state index contributed by atoms with van der Waals surface area (Å²) in [5.74, 6) is 0.328. The lowest BCUT2D eigenvalue weighted by Gasteiger charge is -2.17. The average Bonchev–Trinajstić information content (AvgIpc) is 2.77. The molecule has 3 heterocycles. The fraction of sp³-hybridized carbons (Fsp3) is 0.136. The molecule has 7 nitrogen and oxygen atoms in total. The maximum absolute atomic E-state index is 12.7. The van der Waals surface area contributed by atoms with Crippen LogP contribution >= 0.6 is 23.2 Å². The number of rotatable bonds is 6. The number of aliphatic imine (C=N–C) groups is 1. The van der Waals surface area contributed by atoms with Crippen molar-refractivity contribution in [1.82, 2.24) is 15.0 Å². The summed E-state index contributed by atoms with van der Waals surface area (Å²) in [6.45, 7) is 2.20. The molecule has 0 aliphatic carbocycles. The highest BCUT2D eigenvalue weighted by Crippen LogP contribution is 2.30. The second kappa shape index (κ2) is 9.24. The highest BCUT2D eigenvalue weighted by molar-refractivity contribution is 6.45. The third kappa shape index (κ3) is 4.73. The van der Waals surface area contributed by atoms with Crippen molar-refractivity contribution in [1.29, 1.82) is 0 Å². The lowest BCUT2D eigenvalue weighted by molar-refractivity contribution is -0.116. The molecule has 0 bridgehead atoms. The lowest BCUT2D eigenvalue weighted by atomic mass is 10.0. The highest BCUT2D eigenvalue weighted by atomic mass is 35.5. The van der Waals surface area contributed by atoms with E-state index in [1.54, 1.807) is 42.7 Å². The van der Waals surface area contributed by atoms with Crippen molar-refractivity contribution in [3.05, 3.63) is 76.4 Å². The molecule has 1 aromatic carbocycles. The van der Waals surface area contributed by atoms with Gasteiger partial charge in [0.1, 0.15) is 5.03 Å². The zero-order chi connectivity index (χ0) is 21.8. The smallest absolute Gasteiger partial charge is 0.227 e. The van der Waals surface area contributed by atoms with Gasteiger partial charge in [0, 0.05) is 28.7 Å². The number of hydrogen-bond donors (Lipinski definition) is 1. The van der Waals surface area contributed by atoms with Gasteiger partial charge in [-0.15, -0.1) is 0 Å². The molecule has 0 fully saturated rings. The Kier molecular flexibility index (Phi) is 6.25. The first-order valence-corrected chi connectivity index (χ1v) is 10.2. The van der Waals surface area contributed by atoms with Crippen LogP contribution in [0.5, 0.6) is 0 Å². The van der Waals surface area contributed by atoms with Crippen LogP contribution in [0.15, 0.2) is 70.6 Å². The Balaban J connectivity index is 1.59. The van der Waals surface area contributed by atoms with Gasteiger partial charge in [0.15, 0.2) is 11.8 Å². The molecule has 3 aromatic rings. The Morgan fingerprint density at radius 2 is 1.94 bits per heavy atom. The number of dihydropyridines is 1. The van der Waals surface area contributed by atoms with Gasteiger partial charge in [-0.1, -0.05) is 29.3 Å². The molecule has 0 saturated heterocycles. The molecule has 1 aliphatic heterocycles. The normalized spacial score (nSPS) is 15.8. The number of anilines is 2. The number of nitrogens with zero attached hydrogens (tertiary/aromatic N) is 4. The molecule has 0 amide bonds. The number of carbonyl (C=O) groups excluding carboxylic acids is 1. The molecule has 1 aliphatic rings. The summed E-state index contributed by atoms with van der Waals surface area (Å²) in [6.07, 6.45) is 4.71. The number of ketones is 1. The number of halogens is 2. The third-order valence-corrected chi connectivity index (χ3v) is 5.02. The van der Waals surface area contributed by atoms with Crippen molar-refractivity contribution in [3.8, 4) is 11.3 Å². The van der Waals surface area contributed by atoms with Crippen molar-refractivity contribution >= 4 is 46.8 Å². The standard InChI is InChI=1S/C22H17Cl2N5O2/c1-2-31-18-12-27-20(21(30)19(18)24)17-10-13(6-8-25-17)16-7-9-26-22(29-16)28-15-5-3-4-14(23)11-15/h3-12,20H,2H2,1H3,(H,26,28,29). The van der Waals surface area contributed by atoms with Gasteiger partial charge < -0.3 is 10.1 Å². The van der Waals surface area contributed by atoms with E-state index in [9.17, 15) is 4.79 Å². The van der Waals surface area contributed by atoms with Crippen molar-refractivity contribution in [2.45, 2.75) is 13.0 Å². The third-order valence-electron chi connectivity index (χ3n) is 4.42. The van der Waals surface area contributed by atoms with Crippen molar-refractivity contribution in [2.24, 2.45) is 4.99 Å². The molecule has 1 unspecified atom stereocenters. The van der Waals surface area contributed by atoms with Crippen LogP contribution in [-0.4, -0.2) is 33.6 Å². The molecule has 0 saturated carbocycles. The van der Waals surface area contributed by atoms with Crippen LogP contribution in [0.25, 0.3) is 11.3 Å². The van der Waals surface area contributed by atoms with Gasteiger partial charge in [0.25, 0.3) is 0 Å². The minimum Gasteiger partial charge on any atom is -0.491 e. The molecule has 0 spiro atoms. The Hall–Kier alpha value is -3.29. The van der Waals surface area contributed by atoms with E-state index in [0.29, 0.717) is 29.0 Å². The number of hydrogen-bond acceptors (Lipinski definition) is 7. The summed E-state index contributed by atoms with van der Waals surface area (Å²) < 4.78 is 5.34. The van der Waals surface area contributed by atoms with E-state index in [1.807, 2.05) is 19.1 Å². The van der Waals surface area contributed by atoms with Crippen molar-refractivity contribution < 1.29 is 9.53 Å². The predicted molar refractivity (Wildman–Crippen MR) is 121 cm³/mol. The number of pyridine rings is 1. The highest BCUT2D eigenvalue weighted by Gasteiger charge is 2.29. The van der Waals surface area contributed by atoms with Gasteiger partial charge >= 0.3 is 0 Å². The minimum atomic E-state index is -0.831. The first-order valence-electron chi connectivity index (χ1n) is 9.47. The fourth-order valence-electron chi connectivity index (χ4n) is 3.01. The maximum atomic E-state index is 12.7. The van der Waals surface area contributed by atoms with Gasteiger partial charge in [-0.3, -0.25) is 14.8 Å². The monoisotopic (exact) mass is 453 g/mol. The topological polar surface area (TPSA) is 89.4 Å². The second-order valence-electron chi connectivity index (χ2n) is 6.53. The molecule has 0 radical (unpaired) electrons. The van der Waals surface area contributed by atoms with Gasteiger partial charge in [-0.25, -0.2) is 9.97 Å². The molecule has 31 heavy (non-hydrogen) atoms. The maximum Gasteiger partial charge on any atom is 0.227 e. The molecule has 4 rings (SSSR count). The molecule has 2 aromatic heterocycles. The van der Waals surface area contributed by atoms with Crippen LogP contribution in [-0.2, 0) is 9.53 Å². The fourth-order valence-corrected chi connectivity index (χ4v) is 3.40. The number of ether oxygens (including phenoxy) is 1. The number of Topliss-reactive ketones (excluding diaryl/α,β-unsaturated/α-hetero) is 1. The average molecular weight is 454 g/mol. The number of benzene rings is 1. The van der Waals surface area contributed by atoms with Gasteiger partial charge in [0.2, 0.25) is 11.7 Å². The minimum absolute atomic E-state index is 0.0177. The van der Waals surface area contributed by atoms with E-state index in [4.69, 9.17) is 27.9 Å². The first kappa shape index (κ1) is 21.0. The van der Waals surface area contributed by atoms with E-state index < -0.39 is 6.04 Å². The Labute approximate surface area is 188 Å². The summed E-state index contributed by atoms with van der Waals surface area (Å²) in [5, 5.41) is 3.75. The molecular weight excluding hydrogens is 437 g/mol. The number of allylic oxidation sites excluding steroid dienone is 1. The van der Waals surface area contributed by atoms with Crippen LogP contribution in [0.3, 0.4) is 0 Å². The summed E-state index contributed by atoms with van der Waals surface area (Å²) >= 11 is 12.2. The Morgan fingerprint density at radius 1 is 1.10 bits per heavy atom. The van der Waals surface area contributed by atoms with Crippen molar-refractivity contribution in [3.63, 3.8) is 0 Å². The van der Waals surface area contributed by atoms with Crippen LogP contribution in [0.4, 0.5) is 11.6 Å². The molecule has 1 atom stereocenters. The van der Waals surface area contributed by atoms with E-state index in [1.165, 1.54) is 6.21 Å². The largest absolute Gasteiger partial charge is 0.491 e. The van der Waals surface area contributed by atoms with E-state index >= 15 is 0 Å². The first-order chi connectivity index (χ1) is 15.0. The molecule has 9 heteroatoms. The number of nitrogens with one attached hydrogen (secondary N) is 1. The second-order valence-corrected chi connectivity index (χ2v) is 7.34. The summed E-state index contributed by atoms with van der Waals surface area (Å²) in [5.41, 5.74) is 2.66. The van der Waals surface area contributed by atoms with E-state index in [0.717, 1.165) is 11.3 Å². The van der Waals surface area contributed by atoms with Gasteiger partial charge in [0.05, 0.1) is 24.2 Å². The Bertz CT molecular complexity index is 1200. The van der Waals surface area contributed by atoms with Gasteiger partial charge in [-0.2, -0.15) is 0 Å². The predicted octanol–water partition coefficient (Wildman–Crippen LogP) is 5.12. The summed E-state index contributed by atoms with van der Waals surface area (Å²) in [6, 6.07) is 11.8. The summed E-state index contributed by atoms with van der Waals surface area (Å²) in [4.78, 5) is 30.1. The van der Waals surface area contributed by atoms with Crippen molar-refractivity contribution in [2.75, 3.05) is 11.9 Å². The lowest BCUT2D eigenvalue weighted by Crippen LogP contribution is -2.19. The zero-order valence-corrected chi connectivity index (χ0v) is 17.9. The SMILES string of the molecule is CCOC1=C(Cl)C(=O)C(c2cc(-c3ccnc(Nc4cccc(Cl)c4)n3)ccn2)N=C1. The molecule has 156 valence electrons. The zero-order valence-electron chi connectivity index (χ0n) is 16.4.